The fourth-order valence-corrected chi connectivity index (χ4v) is 2.53. The third-order valence-electron chi connectivity index (χ3n) is 3.13. The molecule has 1 rings (SSSR count). The standard InChI is InChI=1S/C14H24/c1-5-6-7-14-10-12(3)8-11(2)9-13(14)4/h6-7,11-12H,5,8-10H2,1-4H3/b7-6-. The van der Waals surface area contributed by atoms with Gasteiger partial charge in [-0.15, -0.1) is 0 Å². The first kappa shape index (κ1) is 11.6. The van der Waals surface area contributed by atoms with Crippen LogP contribution in [0.1, 0.15) is 53.4 Å². The van der Waals surface area contributed by atoms with Gasteiger partial charge in [-0.25, -0.2) is 0 Å². The average Bonchev–Trinajstić information content (AvgIpc) is 2.21. The molecule has 0 radical (unpaired) electrons. The van der Waals surface area contributed by atoms with Crippen LogP contribution in [0.5, 0.6) is 0 Å². The Bertz CT molecular complexity index is 232. The smallest absolute Gasteiger partial charge is 0.0254 e. The van der Waals surface area contributed by atoms with E-state index in [0.717, 1.165) is 18.3 Å². The average molecular weight is 192 g/mol. The molecule has 80 valence electrons. The van der Waals surface area contributed by atoms with Crippen LogP contribution in [0, 0.1) is 11.8 Å². The van der Waals surface area contributed by atoms with E-state index in [1.807, 2.05) is 0 Å². The van der Waals surface area contributed by atoms with Gasteiger partial charge in [0.05, 0.1) is 0 Å². The monoisotopic (exact) mass is 192 g/mol. The lowest BCUT2D eigenvalue weighted by Gasteiger charge is -2.11. The van der Waals surface area contributed by atoms with E-state index in [1.165, 1.54) is 19.3 Å². The summed E-state index contributed by atoms with van der Waals surface area (Å²) in [4.78, 5) is 0. The zero-order chi connectivity index (χ0) is 10.6. The van der Waals surface area contributed by atoms with Gasteiger partial charge in [-0.2, -0.15) is 0 Å². The van der Waals surface area contributed by atoms with Crippen LogP contribution in [-0.2, 0) is 0 Å². The Kier molecular flexibility index (Phi) is 4.44. The second kappa shape index (κ2) is 5.38. The maximum Gasteiger partial charge on any atom is -0.0254 e. The van der Waals surface area contributed by atoms with E-state index in [-0.39, 0.29) is 0 Å². The van der Waals surface area contributed by atoms with Crippen molar-refractivity contribution in [2.24, 2.45) is 11.8 Å². The molecule has 1 aliphatic carbocycles. The van der Waals surface area contributed by atoms with E-state index >= 15 is 0 Å². The summed E-state index contributed by atoms with van der Waals surface area (Å²) in [5.74, 6) is 1.73. The second-order valence-electron chi connectivity index (χ2n) is 4.97. The minimum Gasteiger partial charge on any atom is -0.0845 e. The van der Waals surface area contributed by atoms with Crippen LogP contribution in [0.15, 0.2) is 23.3 Å². The van der Waals surface area contributed by atoms with Crippen LogP contribution in [0.25, 0.3) is 0 Å². The van der Waals surface area contributed by atoms with Crippen molar-refractivity contribution in [3.63, 3.8) is 0 Å². The Labute approximate surface area is 89.1 Å². The quantitative estimate of drug-likeness (QED) is 0.593. The molecule has 0 amide bonds. The van der Waals surface area contributed by atoms with Gasteiger partial charge in [-0.3, -0.25) is 0 Å². The number of hydrogen-bond acceptors (Lipinski definition) is 0. The van der Waals surface area contributed by atoms with Gasteiger partial charge in [0, 0.05) is 0 Å². The summed E-state index contributed by atoms with van der Waals surface area (Å²) in [5, 5.41) is 0. The summed E-state index contributed by atoms with van der Waals surface area (Å²) in [6, 6.07) is 0. The van der Waals surface area contributed by atoms with Crippen LogP contribution < -0.4 is 0 Å². The van der Waals surface area contributed by atoms with Crippen LogP contribution in [-0.4, -0.2) is 0 Å². The van der Waals surface area contributed by atoms with Crippen molar-refractivity contribution in [3.8, 4) is 0 Å². The molecule has 0 aromatic carbocycles. The SMILES string of the molecule is CC/C=C\C1=C(C)CC(C)CC(C)C1. The van der Waals surface area contributed by atoms with Gasteiger partial charge in [0.2, 0.25) is 0 Å². The van der Waals surface area contributed by atoms with E-state index in [9.17, 15) is 0 Å². The molecule has 0 nitrogen and oxygen atoms in total. The molecule has 0 fully saturated rings. The van der Waals surface area contributed by atoms with E-state index in [4.69, 9.17) is 0 Å². The van der Waals surface area contributed by atoms with Gasteiger partial charge >= 0.3 is 0 Å². The summed E-state index contributed by atoms with van der Waals surface area (Å²) in [6.45, 7) is 9.28. The van der Waals surface area contributed by atoms with Crippen LogP contribution in [0.4, 0.5) is 0 Å². The molecule has 1 aliphatic rings. The van der Waals surface area contributed by atoms with Gasteiger partial charge in [0.1, 0.15) is 0 Å². The van der Waals surface area contributed by atoms with Crippen LogP contribution >= 0.6 is 0 Å². The molecule has 0 heterocycles. The number of rotatable bonds is 2. The van der Waals surface area contributed by atoms with E-state index in [2.05, 4.69) is 39.8 Å². The summed E-state index contributed by atoms with van der Waals surface area (Å²) in [5.41, 5.74) is 3.22. The third kappa shape index (κ3) is 3.32. The maximum absolute atomic E-state index is 2.38. The Morgan fingerprint density at radius 1 is 1.21 bits per heavy atom. The number of hydrogen-bond donors (Lipinski definition) is 0. The van der Waals surface area contributed by atoms with Crippen molar-refractivity contribution in [3.05, 3.63) is 23.3 Å². The fraction of sp³-hybridized carbons (Fsp3) is 0.714. The summed E-state index contributed by atoms with van der Waals surface area (Å²) in [7, 11) is 0. The molecule has 0 saturated carbocycles. The third-order valence-corrected chi connectivity index (χ3v) is 3.13. The molecule has 0 aromatic heterocycles. The molecule has 2 unspecified atom stereocenters. The first-order valence-corrected chi connectivity index (χ1v) is 5.98. The van der Waals surface area contributed by atoms with Crippen molar-refractivity contribution >= 4 is 0 Å². The van der Waals surface area contributed by atoms with Crippen molar-refractivity contribution in [2.75, 3.05) is 0 Å². The lowest BCUT2D eigenvalue weighted by molar-refractivity contribution is 0.428. The zero-order valence-corrected chi connectivity index (χ0v) is 10.1. The normalized spacial score (nSPS) is 29.7. The molecule has 0 aliphatic heterocycles. The summed E-state index contributed by atoms with van der Waals surface area (Å²) in [6.07, 6.45) is 9.77. The number of allylic oxidation sites excluding steroid dienone is 4. The molecule has 0 saturated heterocycles. The van der Waals surface area contributed by atoms with E-state index in [1.54, 1.807) is 11.1 Å². The first-order chi connectivity index (χ1) is 6.63. The van der Waals surface area contributed by atoms with Crippen molar-refractivity contribution < 1.29 is 0 Å². The molecular weight excluding hydrogens is 168 g/mol. The van der Waals surface area contributed by atoms with Crippen molar-refractivity contribution in [2.45, 2.75) is 53.4 Å². The van der Waals surface area contributed by atoms with Gasteiger partial charge in [0.25, 0.3) is 0 Å². The Morgan fingerprint density at radius 3 is 2.50 bits per heavy atom. The first-order valence-electron chi connectivity index (χ1n) is 5.98. The molecule has 0 bridgehead atoms. The molecule has 0 spiro atoms. The van der Waals surface area contributed by atoms with Gasteiger partial charge < -0.3 is 0 Å². The molecule has 0 N–H and O–H groups in total. The highest BCUT2D eigenvalue weighted by molar-refractivity contribution is 5.26. The van der Waals surface area contributed by atoms with Crippen molar-refractivity contribution in [1.82, 2.24) is 0 Å². The van der Waals surface area contributed by atoms with Gasteiger partial charge in [0.15, 0.2) is 0 Å². The Balaban J connectivity index is 2.77. The van der Waals surface area contributed by atoms with Crippen LogP contribution in [0.3, 0.4) is 0 Å². The predicted molar refractivity (Wildman–Crippen MR) is 64.3 cm³/mol. The molecule has 14 heavy (non-hydrogen) atoms. The lowest BCUT2D eigenvalue weighted by atomic mass is 9.94. The Morgan fingerprint density at radius 2 is 1.86 bits per heavy atom. The second-order valence-corrected chi connectivity index (χ2v) is 4.97. The molecular formula is C14H24. The maximum atomic E-state index is 2.38. The topological polar surface area (TPSA) is 0 Å². The molecule has 0 heteroatoms. The van der Waals surface area contributed by atoms with E-state index in [0.29, 0.717) is 0 Å². The molecule has 2 atom stereocenters. The predicted octanol–water partition coefficient (Wildman–Crippen LogP) is 4.73. The lowest BCUT2D eigenvalue weighted by Crippen LogP contribution is -1.99. The molecule has 0 aromatic rings. The zero-order valence-electron chi connectivity index (χ0n) is 10.1. The summed E-state index contributed by atoms with van der Waals surface area (Å²) >= 11 is 0. The highest BCUT2D eigenvalue weighted by atomic mass is 14.2. The summed E-state index contributed by atoms with van der Waals surface area (Å²) < 4.78 is 0. The van der Waals surface area contributed by atoms with Gasteiger partial charge in [-0.1, -0.05) is 38.5 Å². The van der Waals surface area contributed by atoms with Crippen molar-refractivity contribution in [1.29, 1.82) is 0 Å². The minimum absolute atomic E-state index is 0.860. The Hall–Kier alpha value is -0.520. The van der Waals surface area contributed by atoms with E-state index < -0.39 is 0 Å². The highest BCUT2D eigenvalue weighted by Gasteiger charge is 2.16. The highest BCUT2D eigenvalue weighted by Crippen LogP contribution is 2.31. The van der Waals surface area contributed by atoms with Gasteiger partial charge in [-0.05, 0) is 50.0 Å². The fourth-order valence-electron chi connectivity index (χ4n) is 2.53. The van der Waals surface area contributed by atoms with Crippen LogP contribution in [0.2, 0.25) is 0 Å². The minimum atomic E-state index is 0.860. The largest absolute Gasteiger partial charge is 0.0845 e.